The maximum atomic E-state index is 15.1. The fraction of sp³-hybridized carbons (Fsp3) is 0.474. The number of carbonyl (C=O) groups is 1. The van der Waals surface area contributed by atoms with Gasteiger partial charge in [0.1, 0.15) is 12.0 Å². The smallest absolute Gasteiger partial charge is 0.123 e. The van der Waals surface area contributed by atoms with Gasteiger partial charge in [0.25, 0.3) is 0 Å². The van der Waals surface area contributed by atoms with Gasteiger partial charge in [0.05, 0.1) is 24.3 Å². The van der Waals surface area contributed by atoms with E-state index in [-0.39, 0.29) is 12.0 Å². The molecule has 1 fully saturated rings. The standard InChI is InChI=1S/C19H20ClFN2O/c20-15-3-1-2-14-17-10-22-12-23(17)16(18(14)15)6-9-19(21)7-4-13(11-24)5-8-19/h1-3,10-13,16H,4-9H2. The molecule has 1 saturated carbocycles. The Kier molecular flexibility index (Phi) is 3.95. The molecule has 2 heterocycles. The molecule has 4 rings (SSSR count). The van der Waals surface area contributed by atoms with E-state index in [1.165, 1.54) is 0 Å². The monoisotopic (exact) mass is 346 g/mol. The summed E-state index contributed by atoms with van der Waals surface area (Å²) in [6.07, 6.45) is 8.11. The molecule has 0 spiro atoms. The highest BCUT2D eigenvalue weighted by molar-refractivity contribution is 6.32. The van der Waals surface area contributed by atoms with Crippen LogP contribution in [-0.2, 0) is 4.79 Å². The number of aldehydes is 1. The fourth-order valence-electron chi connectivity index (χ4n) is 4.22. The zero-order chi connectivity index (χ0) is 16.7. The normalized spacial score (nSPS) is 28.4. The average Bonchev–Trinajstić information content (AvgIpc) is 3.16. The number of imidazole rings is 1. The largest absolute Gasteiger partial charge is 0.323 e. The van der Waals surface area contributed by atoms with E-state index in [4.69, 9.17) is 11.6 Å². The van der Waals surface area contributed by atoms with Crippen molar-refractivity contribution in [3.63, 3.8) is 0 Å². The first-order chi connectivity index (χ1) is 11.6. The van der Waals surface area contributed by atoms with E-state index >= 15 is 4.39 Å². The first-order valence-corrected chi connectivity index (χ1v) is 8.94. The predicted molar refractivity (Wildman–Crippen MR) is 91.9 cm³/mol. The van der Waals surface area contributed by atoms with Crippen molar-refractivity contribution in [2.75, 3.05) is 0 Å². The highest BCUT2D eigenvalue weighted by Gasteiger charge is 2.38. The summed E-state index contributed by atoms with van der Waals surface area (Å²) in [5.41, 5.74) is 2.07. The minimum atomic E-state index is -1.16. The van der Waals surface area contributed by atoms with Gasteiger partial charge in [-0.2, -0.15) is 0 Å². The summed E-state index contributed by atoms with van der Waals surface area (Å²) in [6, 6.07) is 5.93. The number of hydrogen-bond acceptors (Lipinski definition) is 2. The second kappa shape index (κ2) is 5.99. The van der Waals surface area contributed by atoms with Crippen molar-refractivity contribution in [2.45, 2.75) is 50.2 Å². The number of alkyl halides is 1. The Morgan fingerprint density at radius 2 is 2.17 bits per heavy atom. The molecule has 126 valence electrons. The van der Waals surface area contributed by atoms with Crippen molar-refractivity contribution in [1.29, 1.82) is 0 Å². The fourth-order valence-corrected chi connectivity index (χ4v) is 4.52. The first kappa shape index (κ1) is 15.8. The highest BCUT2D eigenvalue weighted by atomic mass is 35.5. The number of aromatic nitrogens is 2. The Hall–Kier alpha value is -1.68. The second-order valence-corrected chi connectivity index (χ2v) is 7.47. The van der Waals surface area contributed by atoms with Gasteiger partial charge in [0, 0.05) is 22.1 Å². The molecule has 0 bridgehead atoms. The van der Waals surface area contributed by atoms with E-state index in [2.05, 4.69) is 15.6 Å². The van der Waals surface area contributed by atoms with Gasteiger partial charge in [-0.25, -0.2) is 9.37 Å². The average molecular weight is 347 g/mol. The summed E-state index contributed by atoms with van der Waals surface area (Å²) in [6.45, 7) is 0. The molecule has 0 saturated heterocycles. The first-order valence-electron chi connectivity index (χ1n) is 8.56. The van der Waals surface area contributed by atoms with Crippen LogP contribution in [0.5, 0.6) is 0 Å². The third kappa shape index (κ3) is 2.57. The van der Waals surface area contributed by atoms with Gasteiger partial charge in [-0.1, -0.05) is 23.7 Å². The third-order valence-electron chi connectivity index (χ3n) is 5.65. The Morgan fingerprint density at radius 1 is 1.38 bits per heavy atom. The van der Waals surface area contributed by atoms with Crippen LogP contribution in [0, 0.1) is 5.92 Å². The number of benzene rings is 1. The van der Waals surface area contributed by atoms with Crippen molar-refractivity contribution in [3.8, 4) is 11.3 Å². The van der Waals surface area contributed by atoms with Crippen molar-refractivity contribution < 1.29 is 9.18 Å². The van der Waals surface area contributed by atoms with E-state index in [9.17, 15) is 4.79 Å². The van der Waals surface area contributed by atoms with Gasteiger partial charge in [-0.15, -0.1) is 0 Å². The molecular weight excluding hydrogens is 327 g/mol. The number of hydrogen-bond donors (Lipinski definition) is 0. The maximum absolute atomic E-state index is 15.1. The molecule has 1 aromatic heterocycles. The molecule has 2 aromatic rings. The topological polar surface area (TPSA) is 34.9 Å². The molecule has 0 radical (unpaired) electrons. The van der Waals surface area contributed by atoms with Crippen LogP contribution in [0.3, 0.4) is 0 Å². The Morgan fingerprint density at radius 3 is 2.92 bits per heavy atom. The minimum Gasteiger partial charge on any atom is -0.323 e. The van der Waals surface area contributed by atoms with Crippen molar-refractivity contribution in [2.24, 2.45) is 5.92 Å². The van der Waals surface area contributed by atoms with Crippen LogP contribution in [0.25, 0.3) is 11.3 Å². The number of fused-ring (bicyclic) bond motifs is 3. The summed E-state index contributed by atoms with van der Waals surface area (Å²) in [4.78, 5) is 15.1. The Labute approximate surface area is 145 Å². The van der Waals surface area contributed by atoms with Crippen LogP contribution in [0.2, 0.25) is 5.02 Å². The van der Waals surface area contributed by atoms with Crippen LogP contribution < -0.4 is 0 Å². The molecule has 3 nitrogen and oxygen atoms in total. The lowest BCUT2D eigenvalue weighted by Crippen LogP contribution is -2.30. The zero-order valence-electron chi connectivity index (χ0n) is 13.4. The zero-order valence-corrected chi connectivity index (χ0v) is 14.2. The Bertz CT molecular complexity index is 764. The van der Waals surface area contributed by atoms with Crippen LogP contribution in [0.15, 0.2) is 30.7 Å². The molecule has 0 amide bonds. The molecule has 1 atom stereocenters. The minimum absolute atomic E-state index is 0.0378. The van der Waals surface area contributed by atoms with Gasteiger partial charge in [0.15, 0.2) is 0 Å². The quantitative estimate of drug-likeness (QED) is 0.731. The van der Waals surface area contributed by atoms with Crippen LogP contribution >= 0.6 is 11.6 Å². The molecule has 2 aliphatic rings. The molecule has 1 aliphatic carbocycles. The molecule has 24 heavy (non-hydrogen) atoms. The lowest BCUT2D eigenvalue weighted by atomic mass is 9.77. The van der Waals surface area contributed by atoms with Crippen LogP contribution in [0.4, 0.5) is 4.39 Å². The summed E-state index contributed by atoms with van der Waals surface area (Å²) in [5.74, 6) is 0.0378. The van der Waals surface area contributed by atoms with E-state index in [0.29, 0.717) is 38.5 Å². The lowest BCUT2D eigenvalue weighted by Gasteiger charge is -2.33. The molecule has 1 aromatic carbocycles. The number of nitrogens with zero attached hydrogens (tertiary/aromatic N) is 2. The molecule has 1 aliphatic heterocycles. The Balaban J connectivity index is 1.55. The van der Waals surface area contributed by atoms with Gasteiger partial charge >= 0.3 is 0 Å². The number of halogens is 2. The molecule has 5 heteroatoms. The number of carbonyl (C=O) groups excluding carboxylic acids is 1. The lowest BCUT2D eigenvalue weighted by molar-refractivity contribution is -0.112. The summed E-state index contributed by atoms with van der Waals surface area (Å²) < 4.78 is 17.2. The summed E-state index contributed by atoms with van der Waals surface area (Å²) >= 11 is 6.44. The second-order valence-electron chi connectivity index (χ2n) is 7.07. The van der Waals surface area contributed by atoms with E-state index in [1.807, 2.05) is 24.7 Å². The van der Waals surface area contributed by atoms with Crippen molar-refractivity contribution >= 4 is 17.9 Å². The van der Waals surface area contributed by atoms with Crippen LogP contribution in [-0.4, -0.2) is 21.5 Å². The van der Waals surface area contributed by atoms with Gasteiger partial charge in [-0.05, 0) is 44.6 Å². The highest BCUT2D eigenvalue weighted by Crippen LogP contribution is 2.47. The van der Waals surface area contributed by atoms with Gasteiger partial charge in [-0.3, -0.25) is 0 Å². The third-order valence-corrected chi connectivity index (χ3v) is 5.98. The maximum Gasteiger partial charge on any atom is 0.123 e. The summed E-state index contributed by atoms with van der Waals surface area (Å²) in [7, 11) is 0. The van der Waals surface area contributed by atoms with Crippen LogP contribution in [0.1, 0.15) is 50.1 Å². The van der Waals surface area contributed by atoms with E-state index in [1.54, 1.807) is 0 Å². The van der Waals surface area contributed by atoms with Crippen molar-refractivity contribution in [3.05, 3.63) is 41.3 Å². The molecular formula is C19H20ClFN2O. The predicted octanol–water partition coefficient (Wildman–Crippen LogP) is 4.98. The number of rotatable bonds is 4. The summed E-state index contributed by atoms with van der Waals surface area (Å²) in [5, 5.41) is 0.735. The van der Waals surface area contributed by atoms with Gasteiger partial charge in [0.2, 0.25) is 0 Å². The van der Waals surface area contributed by atoms with E-state index in [0.717, 1.165) is 28.1 Å². The SMILES string of the molecule is O=CC1CCC(F)(CCC2c3c(Cl)cccc3-c3cncn32)CC1. The van der Waals surface area contributed by atoms with Gasteiger partial charge < -0.3 is 9.36 Å². The molecule has 1 unspecified atom stereocenters. The van der Waals surface area contributed by atoms with E-state index < -0.39 is 5.67 Å². The molecule has 0 N–H and O–H groups in total. The van der Waals surface area contributed by atoms with Crippen molar-refractivity contribution in [1.82, 2.24) is 9.55 Å².